The second-order valence-corrected chi connectivity index (χ2v) is 4.61. The predicted octanol–water partition coefficient (Wildman–Crippen LogP) is 2.33. The standard InChI is InChI=1S/C15H14F2N2O3/c1-9(11-5-4-10(16)7-12(11)17)19-14(20)8-22-15(21)13-3-2-6-18-13/h2-7,9,18H,8H2,1H3,(H,19,20)/t9-/m0/s1. The van der Waals surface area contributed by atoms with Crippen LogP contribution in [0.15, 0.2) is 36.5 Å². The molecule has 0 bridgehead atoms. The van der Waals surface area contributed by atoms with Gasteiger partial charge in [-0.05, 0) is 25.1 Å². The first-order valence-corrected chi connectivity index (χ1v) is 6.52. The molecule has 0 saturated carbocycles. The highest BCUT2D eigenvalue weighted by Crippen LogP contribution is 2.17. The fourth-order valence-corrected chi connectivity index (χ4v) is 1.88. The lowest BCUT2D eigenvalue weighted by atomic mass is 10.1. The van der Waals surface area contributed by atoms with Crippen LogP contribution in [0, 0.1) is 11.6 Å². The fourth-order valence-electron chi connectivity index (χ4n) is 1.88. The molecule has 0 radical (unpaired) electrons. The van der Waals surface area contributed by atoms with Gasteiger partial charge in [0.15, 0.2) is 6.61 Å². The van der Waals surface area contributed by atoms with Crippen LogP contribution in [0.3, 0.4) is 0 Å². The molecule has 0 unspecified atom stereocenters. The number of amides is 1. The minimum absolute atomic E-state index is 0.144. The molecule has 7 heteroatoms. The number of esters is 1. The van der Waals surface area contributed by atoms with Gasteiger partial charge < -0.3 is 15.0 Å². The maximum atomic E-state index is 13.6. The summed E-state index contributed by atoms with van der Waals surface area (Å²) in [5.74, 6) is -2.70. The van der Waals surface area contributed by atoms with Crippen LogP contribution in [0.25, 0.3) is 0 Å². The van der Waals surface area contributed by atoms with Gasteiger partial charge in [0.25, 0.3) is 5.91 Å². The molecule has 0 aliphatic carbocycles. The summed E-state index contributed by atoms with van der Waals surface area (Å²) >= 11 is 0. The molecular formula is C15H14F2N2O3. The highest BCUT2D eigenvalue weighted by Gasteiger charge is 2.16. The third kappa shape index (κ3) is 3.91. The highest BCUT2D eigenvalue weighted by molar-refractivity contribution is 5.89. The lowest BCUT2D eigenvalue weighted by Crippen LogP contribution is -2.31. The molecule has 0 spiro atoms. The summed E-state index contributed by atoms with van der Waals surface area (Å²) in [6.07, 6.45) is 1.55. The number of hydrogen-bond acceptors (Lipinski definition) is 3. The van der Waals surface area contributed by atoms with Gasteiger partial charge in [0, 0.05) is 17.8 Å². The molecule has 116 valence electrons. The van der Waals surface area contributed by atoms with Crippen molar-refractivity contribution in [1.29, 1.82) is 0 Å². The minimum atomic E-state index is -0.754. The van der Waals surface area contributed by atoms with Crippen LogP contribution in [0.1, 0.15) is 29.0 Å². The van der Waals surface area contributed by atoms with Gasteiger partial charge in [-0.3, -0.25) is 4.79 Å². The monoisotopic (exact) mass is 308 g/mol. The van der Waals surface area contributed by atoms with Gasteiger partial charge in [0.05, 0.1) is 6.04 Å². The number of benzene rings is 1. The Morgan fingerprint density at radius 3 is 2.73 bits per heavy atom. The molecule has 0 aliphatic heterocycles. The van der Waals surface area contributed by atoms with Crippen LogP contribution < -0.4 is 5.32 Å². The zero-order valence-corrected chi connectivity index (χ0v) is 11.7. The number of nitrogens with one attached hydrogen (secondary N) is 2. The second-order valence-electron chi connectivity index (χ2n) is 4.61. The quantitative estimate of drug-likeness (QED) is 0.833. The normalized spacial score (nSPS) is 11.8. The molecule has 0 fully saturated rings. The van der Waals surface area contributed by atoms with E-state index in [2.05, 4.69) is 10.3 Å². The molecule has 0 aliphatic rings. The first kappa shape index (κ1) is 15.7. The Kier molecular flexibility index (Phi) is 4.88. The number of ether oxygens (including phenoxy) is 1. The molecule has 0 saturated heterocycles. The van der Waals surface area contributed by atoms with E-state index in [0.717, 1.165) is 12.1 Å². The van der Waals surface area contributed by atoms with Crippen LogP contribution in [0.2, 0.25) is 0 Å². The molecule has 2 N–H and O–H groups in total. The molecule has 1 heterocycles. The summed E-state index contributed by atoms with van der Waals surface area (Å²) in [6, 6.07) is 5.54. The number of halogens is 2. The summed E-state index contributed by atoms with van der Waals surface area (Å²) in [4.78, 5) is 25.9. The average molecular weight is 308 g/mol. The zero-order valence-electron chi connectivity index (χ0n) is 11.7. The summed E-state index contributed by atoms with van der Waals surface area (Å²) in [5.41, 5.74) is 0.371. The van der Waals surface area contributed by atoms with Crippen LogP contribution in [0.5, 0.6) is 0 Å². The minimum Gasteiger partial charge on any atom is -0.451 e. The Labute approximate surface area is 125 Å². The Balaban J connectivity index is 1.87. The largest absolute Gasteiger partial charge is 0.451 e. The van der Waals surface area contributed by atoms with Crippen LogP contribution in [-0.4, -0.2) is 23.5 Å². The predicted molar refractivity (Wildman–Crippen MR) is 74.0 cm³/mol. The van der Waals surface area contributed by atoms with Crippen molar-refractivity contribution >= 4 is 11.9 Å². The van der Waals surface area contributed by atoms with Gasteiger partial charge in [0.1, 0.15) is 17.3 Å². The molecule has 1 atom stereocenters. The fraction of sp³-hybridized carbons (Fsp3) is 0.200. The van der Waals surface area contributed by atoms with Crippen LogP contribution in [0.4, 0.5) is 8.78 Å². The van der Waals surface area contributed by atoms with E-state index in [0.29, 0.717) is 0 Å². The van der Waals surface area contributed by atoms with E-state index in [9.17, 15) is 18.4 Å². The lowest BCUT2D eigenvalue weighted by Gasteiger charge is -2.15. The Morgan fingerprint density at radius 1 is 1.32 bits per heavy atom. The highest BCUT2D eigenvalue weighted by atomic mass is 19.1. The Bertz CT molecular complexity index is 671. The van der Waals surface area contributed by atoms with E-state index in [1.807, 2.05) is 0 Å². The molecule has 1 aromatic heterocycles. The van der Waals surface area contributed by atoms with Gasteiger partial charge in [-0.1, -0.05) is 6.07 Å². The Morgan fingerprint density at radius 2 is 2.09 bits per heavy atom. The third-order valence-corrected chi connectivity index (χ3v) is 2.96. The van der Waals surface area contributed by atoms with E-state index < -0.39 is 36.2 Å². The van der Waals surface area contributed by atoms with Crippen molar-refractivity contribution in [2.75, 3.05) is 6.61 Å². The number of rotatable bonds is 5. The van der Waals surface area contributed by atoms with E-state index in [1.165, 1.54) is 12.1 Å². The summed E-state index contributed by atoms with van der Waals surface area (Å²) < 4.78 is 31.2. The second kappa shape index (κ2) is 6.84. The molecule has 1 aromatic carbocycles. The molecule has 5 nitrogen and oxygen atoms in total. The van der Waals surface area contributed by atoms with Crippen molar-refractivity contribution in [3.05, 3.63) is 59.4 Å². The van der Waals surface area contributed by atoms with E-state index in [-0.39, 0.29) is 11.3 Å². The number of aromatic nitrogens is 1. The van der Waals surface area contributed by atoms with Crippen molar-refractivity contribution < 1.29 is 23.1 Å². The van der Waals surface area contributed by atoms with Crippen molar-refractivity contribution in [2.24, 2.45) is 0 Å². The van der Waals surface area contributed by atoms with Gasteiger partial charge >= 0.3 is 5.97 Å². The van der Waals surface area contributed by atoms with Crippen molar-refractivity contribution in [3.8, 4) is 0 Å². The molecule has 2 aromatic rings. The van der Waals surface area contributed by atoms with E-state index in [4.69, 9.17) is 4.74 Å². The van der Waals surface area contributed by atoms with E-state index >= 15 is 0 Å². The molecular weight excluding hydrogens is 294 g/mol. The van der Waals surface area contributed by atoms with Gasteiger partial charge in [-0.2, -0.15) is 0 Å². The van der Waals surface area contributed by atoms with Crippen molar-refractivity contribution in [3.63, 3.8) is 0 Å². The lowest BCUT2D eigenvalue weighted by molar-refractivity contribution is -0.124. The Hall–Kier alpha value is -2.70. The number of carbonyl (C=O) groups is 2. The van der Waals surface area contributed by atoms with Crippen molar-refractivity contribution in [2.45, 2.75) is 13.0 Å². The molecule has 1 amide bonds. The van der Waals surface area contributed by atoms with Crippen molar-refractivity contribution in [1.82, 2.24) is 10.3 Å². The van der Waals surface area contributed by atoms with Crippen LogP contribution in [-0.2, 0) is 9.53 Å². The van der Waals surface area contributed by atoms with Gasteiger partial charge in [-0.25, -0.2) is 13.6 Å². The van der Waals surface area contributed by atoms with Gasteiger partial charge in [0.2, 0.25) is 0 Å². The summed E-state index contributed by atoms with van der Waals surface area (Å²) in [6.45, 7) is 1.05. The first-order valence-electron chi connectivity index (χ1n) is 6.52. The van der Waals surface area contributed by atoms with Crippen LogP contribution >= 0.6 is 0 Å². The maximum Gasteiger partial charge on any atom is 0.355 e. The number of aromatic amines is 1. The van der Waals surface area contributed by atoms with E-state index in [1.54, 1.807) is 19.2 Å². The third-order valence-electron chi connectivity index (χ3n) is 2.96. The maximum absolute atomic E-state index is 13.6. The number of H-pyrrole nitrogens is 1. The average Bonchev–Trinajstić information content (AvgIpc) is 2.98. The molecule has 2 rings (SSSR count). The molecule has 22 heavy (non-hydrogen) atoms. The first-order chi connectivity index (χ1) is 10.5. The smallest absolute Gasteiger partial charge is 0.355 e. The number of hydrogen-bond donors (Lipinski definition) is 2. The number of carbonyl (C=O) groups excluding carboxylic acids is 2. The SMILES string of the molecule is C[C@H](NC(=O)COC(=O)c1ccc[nH]1)c1ccc(F)cc1F. The summed E-state index contributed by atoms with van der Waals surface area (Å²) in [7, 11) is 0. The topological polar surface area (TPSA) is 71.2 Å². The summed E-state index contributed by atoms with van der Waals surface area (Å²) in [5, 5.41) is 2.47. The van der Waals surface area contributed by atoms with Gasteiger partial charge in [-0.15, -0.1) is 0 Å². The zero-order chi connectivity index (χ0) is 16.1.